The summed E-state index contributed by atoms with van der Waals surface area (Å²) in [6.45, 7) is 14.3. The van der Waals surface area contributed by atoms with Gasteiger partial charge in [0.05, 0.1) is 0 Å². The van der Waals surface area contributed by atoms with Crippen molar-refractivity contribution in [2.45, 2.75) is 97.9 Å². The number of amides is 2. The first kappa shape index (κ1) is 33.4. The predicted molar refractivity (Wildman–Crippen MR) is 165 cm³/mol. The summed E-state index contributed by atoms with van der Waals surface area (Å²) in [5.41, 5.74) is 1.45. The van der Waals surface area contributed by atoms with E-state index in [0.717, 1.165) is 43.4 Å². The fourth-order valence-electron chi connectivity index (χ4n) is 5.25. The lowest BCUT2D eigenvalue weighted by atomic mass is 9.96. The number of rotatable bonds is 13. The van der Waals surface area contributed by atoms with Gasteiger partial charge in [0.2, 0.25) is 5.91 Å². The highest BCUT2D eigenvalue weighted by atomic mass is 19.1. The number of halogens is 1. The Kier molecular flexibility index (Phi) is 12.6. The van der Waals surface area contributed by atoms with Gasteiger partial charge in [0.1, 0.15) is 29.8 Å². The van der Waals surface area contributed by atoms with E-state index < -0.39 is 17.7 Å². The maximum atomic E-state index is 14.0. The summed E-state index contributed by atoms with van der Waals surface area (Å²) in [7, 11) is 0. The van der Waals surface area contributed by atoms with Crippen LogP contribution in [0.25, 0.3) is 0 Å². The summed E-state index contributed by atoms with van der Waals surface area (Å²) >= 11 is 0. The highest BCUT2D eigenvalue weighted by Crippen LogP contribution is 2.25. The van der Waals surface area contributed by atoms with Crippen LogP contribution in [0, 0.1) is 17.7 Å². The number of benzene rings is 2. The smallest absolute Gasteiger partial charge is 0.408 e. The number of hydrogen-bond acceptors (Lipinski definition) is 5. The van der Waals surface area contributed by atoms with Crippen molar-refractivity contribution in [1.29, 1.82) is 0 Å². The molecule has 1 heterocycles. The Labute approximate surface area is 251 Å². The van der Waals surface area contributed by atoms with Crippen LogP contribution in [0.15, 0.2) is 48.5 Å². The molecule has 2 amide bonds. The second-order valence-electron chi connectivity index (χ2n) is 13.0. The fourth-order valence-corrected chi connectivity index (χ4v) is 5.25. The summed E-state index contributed by atoms with van der Waals surface area (Å²) in [6.07, 6.45) is 3.54. The van der Waals surface area contributed by atoms with Crippen molar-refractivity contribution in [2.24, 2.45) is 11.8 Å². The molecule has 1 saturated heterocycles. The van der Waals surface area contributed by atoms with Gasteiger partial charge >= 0.3 is 6.09 Å². The maximum absolute atomic E-state index is 14.0. The van der Waals surface area contributed by atoms with E-state index in [-0.39, 0.29) is 17.6 Å². The lowest BCUT2D eigenvalue weighted by Crippen LogP contribution is -2.53. The molecule has 0 aliphatic carbocycles. The number of alkyl carbamates (subject to hydrolysis) is 1. The molecule has 1 unspecified atom stereocenters. The highest BCUT2D eigenvalue weighted by molar-refractivity contribution is 5.85. The van der Waals surface area contributed by atoms with Crippen LogP contribution < -0.4 is 15.4 Å². The van der Waals surface area contributed by atoms with E-state index in [4.69, 9.17) is 9.47 Å². The van der Waals surface area contributed by atoms with Gasteiger partial charge < -0.3 is 25.0 Å². The minimum atomic E-state index is -0.617. The van der Waals surface area contributed by atoms with Crippen molar-refractivity contribution in [3.63, 3.8) is 0 Å². The third-order valence-electron chi connectivity index (χ3n) is 7.41. The molecule has 1 aliphatic heterocycles. The van der Waals surface area contributed by atoms with Gasteiger partial charge in [-0.25, -0.2) is 9.18 Å². The standard InChI is InChI=1S/C34H50FN3O4/c1-24(2)20-30(37-33(40)42-34(4,5)6)32(39)38-18-15-29(16-19-38)36-17-14-25(3)21-27-12-13-28(35)22-31(27)41-23-26-10-8-7-9-11-26/h7-13,22,24-25,29-30,36H,14-21,23H2,1-6H3,(H,37,40)/t25?,30-/m0/s1. The molecule has 2 aromatic carbocycles. The third kappa shape index (κ3) is 11.6. The Morgan fingerprint density at radius 2 is 1.74 bits per heavy atom. The summed E-state index contributed by atoms with van der Waals surface area (Å²) in [5, 5.41) is 6.47. The van der Waals surface area contributed by atoms with Gasteiger partial charge in [-0.3, -0.25) is 4.79 Å². The zero-order valence-corrected chi connectivity index (χ0v) is 26.3. The molecule has 7 nitrogen and oxygen atoms in total. The molecular formula is C34H50FN3O4. The topological polar surface area (TPSA) is 79.9 Å². The fraction of sp³-hybridized carbons (Fsp3) is 0.588. The molecule has 1 fully saturated rings. The molecule has 232 valence electrons. The molecule has 0 saturated carbocycles. The number of ether oxygens (including phenoxy) is 2. The molecule has 8 heteroatoms. The Bertz CT molecular complexity index is 1130. The first-order valence-corrected chi connectivity index (χ1v) is 15.4. The van der Waals surface area contributed by atoms with E-state index in [1.807, 2.05) is 75.9 Å². The van der Waals surface area contributed by atoms with Crippen LogP contribution in [0.1, 0.15) is 78.4 Å². The third-order valence-corrected chi connectivity index (χ3v) is 7.41. The summed E-state index contributed by atoms with van der Waals surface area (Å²) in [4.78, 5) is 27.5. The minimum Gasteiger partial charge on any atom is -0.489 e. The first-order chi connectivity index (χ1) is 19.9. The van der Waals surface area contributed by atoms with Gasteiger partial charge in [0.15, 0.2) is 0 Å². The van der Waals surface area contributed by atoms with Crippen LogP contribution in [0.4, 0.5) is 9.18 Å². The molecule has 1 aliphatic rings. The largest absolute Gasteiger partial charge is 0.489 e. The van der Waals surface area contributed by atoms with E-state index in [0.29, 0.717) is 43.8 Å². The van der Waals surface area contributed by atoms with E-state index in [2.05, 4.69) is 17.6 Å². The van der Waals surface area contributed by atoms with Gasteiger partial charge in [0.25, 0.3) is 0 Å². The number of hydrogen-bond donors (Lipinski definition) is 2. The Hall–Kier alpha value is -3.13. The number of nitrogens with one attached hydrogen (secondary N) is 2. The van der Waals surface area contributed by atoms with E-state index >= 15 is 0 Å². The Morgan fingerprint density at radius 3 is 2.38 bits per heavy atom. The van der Waals surface area contributed by atoms with Crippen molar-refractivity contribution in [3.05, 3.63) is 65.5 Å². The molecular weight excluding hydrogens is 533 g/mol. The second kappa shape index (κ2) is 15.9. The van der Waals surface area contributed by atoms with Gasteiger partial charge in [-0.2, -0.15) is 0 Å². The average Bonchev–Trinajstić information content (AvgIpc) is 2.92. The number of piperidine rings is 1. The molecule has 0 spiro atoms. The van der Waals surface area contributed by atoms with Crippen LogP contribution >= 0.6 is 0 Å². The second-order valence-corrected chi connectivity index (χ2v) is 13.0. The first-order valence-electron chi connectivity index (χ1n) is 15.4. The number of nitrogens with zero attached hydrogens (tertiary/aromatic N) is 1. The van der Waals surface area contributed by atoms with Crippen LogP contribution in [-0.2, 0) is 22.6 Å². The van der Waals surface area contributed by atoms with Gasteiger partial charge in [-0.15, -0.1) is 0 Å². The van der Waals surface area contributed by atoms with Gasteiger partial charge in [-0.05, 0) is 88.4 Å². The lowest BCUT2D eigenvalue weighted by Gasteiger charge is -2.35. The summed E-state index contributed by atoms with van der Waals surface area (Å²) in [6, 6.07) is 14.5. The molecule has 2 atom stereocenters. The maximum Gasteiger partial charge on any atom is 0.408 e. The van der Waals surface area contributed by atoms with Crippen molar-refractivity contribution in [1.82, 2.24) is 15.5 Å². The average molecular weight is 584 g/mol. The normalized spacial score (nSPS) is 15.8. The van der Waals surface area contributed by atoms with Crippen molar-refractivity contribution < 1.29 is 23.5 Å². The molecule has 3 rings (SSSR count). The molecule has 0 bridgehead atoms. The quantitative estimate of drug-likeness (QED) is 0.282. The van der Waals surface area contributed by atoms with Crippen molar-refractivity contribution in [2.75, 3.05) is 19.6 Å². The van der Waals surface area contributed by atoms with Crippen LogP contribution in [0.2, 0.25) is 0 Å². The zero-order valence-electron chi connectivity index (χ0n) is 26.3. The molecule has 0 radical (unpaired) electrons. The van der Waals surface area contributed by atoms with Crippen molar-refractivity contribution in [3.8, 4) is 5.75 Å². The van der Waals surface area contributed by atoms with E-state index in [1.54, 1.807) is 0 Å². The number of carbonyl (C=O) groups is 2. The summed E-state index contributed by atoms with van der Waals surface area (Å²) in [5.74, 6) is 0.923. The Morgan fingerprint density at radius 1 is 1.05 bits per heavy atom. The van der Waals surface area contributed by atoms with E-state index in [1.165, 1.54) is 12.1 Å². The number of likely N-dealkylation sites (tertiary alicyclic amines) is 1. The zero-order chi connectivity index (χ0) is 30.7. The molecule has 2 N–H and O–H groups in total. The number of carbonyl (C=O) groups excluding carboxylic acids is 2. The summed E-state index contributed by atoms with van der Waals surface area (Å²) < 4.78 is 25.4. The Balaban J connectivity index is 1.43. The lowest BCUT2D eigenvalue weighted by molar-refractivity contribution is -0.135. The predicted octanol–water partition coefficient (Wildman–Crippen LogP) is 6.49. The van der Waals surface area contributed by atoms with Crippen LogP contribution in [0.3, 0.4) is 0 Å². The van der Waals surface area contributed by atoms with Crippen LogP contribution in [0.5, 0.6) is 5.75 Å². The molecule has 2 aromatic rings. The molecule has 0 aromatic heterocycles. The van der Waals surface area contributed by atoms with Crippen molar-refractivity contribution >= 4 is 12.0 Å². The van der Waals surface area contributed by atoms with Gasteiger partial charge in [0, 0.05) is 25.2 Å². The SMILES string of the molecule is CC(C)C[C@H](NC(=O)OC(C)(C)C)C(=O)N1CCC(NCCC(C)Cc2ccc(F)cc2OCc2ccccc2)CC1. The van der Waals surface area contributed by atoms with Gasteiger partial charge in [-0.1, -0.05) is 57.2 Å². The van der Waals surface area contributed by atoms with E-state index in [9.17, 15) is 14.0 Å². The minimum absolute atomic E-state index is 0.0359. The molecule has 42 heavy (non-hydrogen) atoms. The van der Waals surface area contributed by atoms with Crippen LogP contribution in [-0.4, -0.2) is 54.2 Å². The monoisotopic (exact) mass is 583 g/mol. The highest BCUT2D eigenvalue weighted by Gasteiger charge is 2.31.